The van der Waals surface area contributed by atoms with Crippen molar-refractivity contribution in [1.82, 2.24) is 10.9 Å². The molecule has 2 N–H and O–H groups in total. The Hall–Kier alpha value is -1.85. The quantitative estimate of drug-likeness (QED) is 0.312. The number of hydrogen-bond donors (Lipinski definition) is 2. The second kappa shape index (κ2) is 9.77. The highest BCUT2D eigenvalue weighted by Crippen LogP contribution is 2.34. The molecule has 3 aromatic carbocycles. The van der Waals surface area contributed by atoms with Crippen LogP contribution in [0.3, 0.4) is 0 Å². The fraction of sp³-hybridized carbons (Fsp3) is 0.100. The van der Waals surface area contributed by atoms with Crippen LogP contribution in [0.4, 0.5) is 0 Å². The van der Waals surface area contributed by atoms with E-state index in [0.717, 1.165) is 23.3 Å². The Morgan fingerprint density at radius 1 is 1.00 bits per heavy atom. The zero-order valence-electron chi connectivity index (χ0n) is 15.1. The molecule has 0 unspecified atom stereocenters. The van der Waals surface area contributed by atoms with Crippen molar-refractivity contribution in [2.24, 2.45) is 0 Å². The van der Waals surface area contributed by atoms with Gasteiger partial charge in [-0.3, -0.25) is 20.4 Å². The number of carbonyl (C=O) groups excluding carboxylic acids is 2. The lowest BCUT2D eigenvalue weighted by Gasteiger charge is -2.12. The van der Waals surface area contributed by atoms with Crippen molar-refractivity contribution in [3.63, 3.8) is 0 Å². The van der Waals surface area contributed by atoms with Crippen molar-refractivity contribution in [1.29, 1.82) is 0 Å². The summed E-state index contributed by atoms with van der Waals surface area (Å²) in [5, 5.41) is 2.00. The van der Waals surface area contributed by atoms with Gasteiger partial charge in [0.15, 0.2) is 6.61 Å². The standard InChI is InChI=1S/C20H15Br2IN2O4/c1-28-16-6-3-12(9-15(16)23)20(27)25-24-18(26)10-29-17-7-2-11-8-13(21)4-5-14(11)19(17)22/h2-9H,10H2,1H3,(H,24,26)(H,25,27). The van der Waals surface area contributed by atoms with E-state index in [0.29, 0.717) is 17.1 Å². The Bertz CT molecular complexity index is 1090. The maximum atomic E-state index is 12.2. The van der Waals surface area contributed by atoms with Crippen molar-refractivity contribution in [3.8, 4) is 11.5 Å². The number of rotatable bonds is 5. The van der Waals surface area contributed by atoms with Gasteiger partial charge in [-0.05, 0) is 85.7 Å². The van der Waals surface area contributed by atoms with Gasteiger partial charge in [0, 0.05) is 10.0 Å². The van der Waals surface area contributed by atoms with E-state index in [4.69, 9.17) is 9.47 Å². The van der Waals surface area contributed by atoms with Gasteiger partial charge in [-0.2, -0.15) is 0 Å². The fourth-order valence-electron chi connectivity index (χ4n) is 2.54. The number of halogens is 3. The number of benzene rings is 3. The van der Waals surface area contributed by atoms with Crippen molar-refractivity contribution in [2.75, 3.05) is 13.7 Å². The first-order chi connectivity index (χ1) is 13.9. The molecule has 150 valence electrons. The Balaban J connectivity index is 1.57. The number of hydrazine groups is 1. The summed E-state index contributed by atoms with van der Waals surface area (Å²) in [5.74, 6) is 0.291. The molecule has 0 heterocycles. The zero-order valence-corrected chi connectivity index (χ0v) is 20.4. The molecule has 0 aliphatic rings. The first-order valence-corrected chi connectivity index (χ1v) is 11.0. The molecule has 3 aromatic rings. The predicted molar refractivity (Wildman–Crippen MR) is 126 cm³/mol. The third-order valence-corrected chi connectivity index (χ3v) is 6.12. The molecule has 29 heavy (non-hydrogen) atoms. The monoisotopic (exact) mass is 632 g/mol. The molecule has 0 saturated carbocycles. The summed E-state index contributed by atoms with van der Waals surface area (Å²) in [5.41, 5.74) is 5.12. The van der Waals surface area contributed by atoms with Crippen LogP contribution < -0.4 is 20.3 Å². The lowest BCUT2D eigenvalue weighted by Crippen LogP contribution is -2.43. The molecule has 3 rings (SSSR count). The van der Waals surface area contributed by atoms with Gasteiger partial charge in [0.05, 0.1) is 15.2 Å². The van der Waals surface area contributed by atoms with Gasteiger partial charge in [-0.1, -0.05) is 28.1 Å². The lowest BCUT2D eigenvalue weighted by molar-refractivity contribution is -0.123. The van der Waals surface area contributed by atoms with E-state index < -0.39 is 11.8 Å². The molecule has 6 nitrogen and oxygen atoms in total. The van der Waals surface area contributed by atoms with Gasteiger partial charge in [-0.25, -0.2) is 0 Å². The molecule has 0 aromatic heterocycles. The molecule has 0 fully saturated rings. The summed E-state index contributed by atoms with van der Waals surface area (Å²) < 4.78 is 13.3. The normalized spacial score (nSPS) is 10.5. The minimum Gasteiger partial charge on any atom is -0.496 e. The van der Waals surface area contributed by atoms with Crippen LogP contribution in [0.5, 0.6) is 11.5 Å². The number of nitrogens with one attached hydrogen (secondary N) is 2. The highest BCUT2D eigenvalue weighted by Gasteiger charge is 2.12. The number of methoxy groups -OCH3 is 1. The summed E-state index contributed by atoms with van der Waals surface area (Å²) in [6, 6.07) is 14.5. The smallest absolute Gasteiger partial charge is 0.276 e. The van der Waals surface area contributed by atoms with E-state index in [9.17, 15) is 9.59 Å². The second-order valence-corrected chi connectivity index (χ2v) is 8.75. The van der Waals surface area contributed by atoms with Crippen LogP contribution in [0, 0.1) is 3.57 Å². The fourth-order valence-corrected chi connectivity index (χ4v) is 4.26. The molecule has 0 spiro atoms. The van der Waals surface area contributed by atoms with Crippen LogP contribution in [0.25, 0.3) is 10.8 Å². The molecule has 0 atom stereocenters. The predicted octanol–water partition coefficient (Wildman–Crippen LogP) is 4.82. The van der Waals surface area contributed by atoms with E-state index in [1.165, 1.54) is 0 Å². The first kappa shape index (κ1) is 21.8. The minimum absolute atomic E-state index is 0.249. The van der Waals surface area contributed by atoms with Crippen LogP contribution in [-0.4, -0.2) is 25.5 Å². The van der Waals surface area contributed by atoms with Gasteiger partial charge in [0.1, 0.15) is 11.5 Å². The van der Waals surface area contributed by atoms with Crippen LogP contribution in [0.2, 0.25) is 0 Å². The van der Waals surface area contributed by atoms with Crippen molar-refractivity contribution in [3.05, 3.63) is 66.6 Å². The Morgan fingerprint density at radius 3 is 2.48 bits per heavy atom. The zero-order chi connectivity index (χ0) is 21.0. The number of carbonyl (C=O) groups is 2. The molecule has 0 aliphatic carbocycles. The summed E-state index contributed by atoms with van der Waals surface area (Å²) in [4.78, 5) is 24.2. The summed E-state index contributed by atoms with van der Waals surface area (Å²) in [6.07, 6.45) is 0. The molecule has 2 amide bonds. The molecule has 0 bridgehead atoms. The summed E-state index contributed by atoms with van der Waals surface area (Å²) in [7, 11) is 1.56. The van der Waals surface area contributed by atoms with Crippen LogP contribution in [-0.2, 0) is 4.79 Å². The average Bonchev–Trinajstić information content (AvgIpc) is 2.71. The second-order valence-electron chi connectivity index (χ2n) is 5.88. The molecule has 0 radical (unpaired) electrons. The highest BCUT2D eigenvalue weighted by atomic mass is 127. The van der Waals surface area contributed by atoms with Crippen LogP contribution in [0.15, 0.2) is 57.5 Å². The van der Waals surface area contributed by atoms with Crippen molar-refractivity contribution < 1.29 is 19.1 Å². The SMILES string of the molecule is COc1ccc(C(=O)NNC(=O)COc2ccc3cc(Br)ccc3c2Br)cc1I. The van der Waals surface area contributed by atoms with Gasteiger partial charge >= 0.3 is 0 Å². The van der Waals surface area contributed by atoms with Crippen LogP contribution in [0.1, 0.15) is 10.4 Å². The third-order valence-electron chi connectivity index (χ3n) is 3.97. The maximum Gasteiger partial charge on any atom is 0.276 e. The van der Waals surface area contributed by atoms with E-state index in [1.54, 1.807) is 31.4 Å². The molecular formula is C20H15Br2IN2O4. The van der Waals surface area contributed by atoms with E-state index in [1.807, 2.05) is 24.3 Å². The number of fused-ring (bicyclic) bond motifs is 1. The highest BCUT2D eigenvalue weighted by molar-refractivity contribution is 14.1. The molecule has 9 heteroatoms. The molecular weight excluding hydrogens is 619 g/mol. The summed E-state index contributed by atoms with van der Waals surface area (Å²) in [6.45, 7) is -0.249. The van der Waals surface area contributed by atoms with E-state index in [2.05, 4.69) is 65.3 Å². The van der Waals surface area contributed by atoms with Crippen molar-refractivity contribution >= 4 is 77.0 Å². The van der Waals surface area contributed by atoms with Crippen LogP contribution >= 0.6 is 54.5 Å². The number of ether oxygens (including phenoxy) is 2. The number of hydrogen-bond acceptors (Lipinski definition) is 4. The number of amides is 2. The average molecular weight is 634 g/mol. The van der Waals surface area contributed by atoms with Crippen molar-refractivity contribution in [2.45, 2.75) is 0 Å². The largest absolute Gasteiger partial charge is 0.496 e. The van der Waals surface area contributed by atoms with Gasteiger partial charge < -0.3 is 9.47 Å². The topological polar surface area (TPSA) is 76.7 Å². The lowest BCUT2D eigenvalue weighted by atomic mass is 10.1. The molecule has 0 aliphatic heterocycles. The third kappa shape index (κ3) is 5.40. The van der Waals surface area contributed by atoms with Gasteiger partial charge in [-0.15, -0.1) is 0 Å². The first-order valence-electron chi connectivity index (χ1n) is 8.32. The van der Waals surface area contributed by atoms with Gasteiger partial charge in [0.2, 0.25) is 0 Å². The Kier molecular flexibility index (Phi) is 7.36. The maximum absolute atomic E-state index is 12.2. The van der Waals surface area contributed by atoms with E-state index in [-0.39, 0.29) is 6.61 Å². The Labute approximate surface area is 197 Å². The van der Waals surface area contributed by atoms with E-state index >= 15 is 0 Å². The summed E-state index contributed by atoms with van der Waals surface area (Å²) >= 11 is 9.03. The van der Waals surface area contributed by atoms with Gasteiger partial charge in [0.25, 0.3) is 11.8 Å². The minimum atomic E-state index is -0.482. The molecule has 0 saturated heterocycles. The Morgan fingerprint density at radius 2 is 1.76 bits per heavy atom.